The van der Waals surface area contributed by atoms with E-state index in [-0.39, 0.29) is 27.3 Å². The predicted octanol–water partition coefficient (Wildman–Crippen LogP) is 5.18. The Labute approximate surface area is 170 Å². The highest BCUT2D eigenvalue weighted by atomic mass is 32.2. The molecule has 0 fully saturated rings. The summed E-state index contributed by atoms with van der Waals surface area (Å²) in [7, 11) is -4.09. The van der Waals surface area contributed by atoms with Crippen LogP contribution in [0.5, 0.6) is 0 Å². The molecule has 3 rings (SSSR count). The maximum Gasteiger partial charge on any atom is 0.417 e. The monoisotopic (exact) mass is 435 g/mol. The molecule has 30 heavy (non-hydrogen) atoms. The fraction of sp³-hybridized carbons (Fsp3) is 0.0952. The first-order valence-corrected chi connectivity index (χ1v) is 10.1. The first-order chi connectivity index (χ1) is 14.0. The Kier molecular flexibility index (Phi) is 5.58. The number of carbonyl (C=O) groups is 1. The van der Waals surface area contributed by atoms with Crippen molar-refractivity contribution in [1.29, 1.82) is 0 Å². The van der Waals surface area contributed by atoms with Gasteiger partial charge in [0.15, 0.2) is 0 Å². The molecule has 0 spiro atoms. The van der Waals surface area contributed by atoms with Crippen LogP contribution in [0, 0.1) is 6.92 Å². The summed E-state index contributed by atoms with van der Waals surface area (Å²) in [6.45, 7) is 1.55. The van der Waals surface area contributed by atoms with Crippen molar-refractivity contribution in [3.8, 4) is 11.1 Å². The summed E-state index contributed by atoms with van der Waals surface area (Å²) >= 11 is 0. The zero-order valence-corrected chi connectivity index (χ0v) is 16.4. The van der Waals surface area contributed by atoms with Crippen LogP contribution in [0.25, 0.3) is 11.1 Å². The van der Waals surface area contributed by atoms with Gasteiger partial charge < -0.3 is 5.11 Å². The third-order valence-electron chi connectivity index (χ3n) is 4.43. The van der Waals surface area contributed by atoms with Gasteiger partial charge in [0.05, 0.1) is 16.0 Å². The first-order valence-electron chi connectivity index (χ1n) is 8.62. The van der Waals surface area contributed by atoms with Crippen LogP contribution in [0.2, 0.25) is 0 Å². The molecule has 3 aromatic carbocycles. The van der Waals surface area contributed by atoms with Gasteiger partial charge in [-0.2, -0.15) is 13.2 Å². The molecule has 0 saturated carbocycles. The third kappa shape index (κ3) is 4.46. The van der Waals surface area contributed by atoms with Gasteiger partial charge in [-0.15, -0.1) is 0 Å². The zero-order chi connectivity index (χ0) is 22.1. The molecule has 0 radical (unpaired) electrons. The van der Waals surface area contributed by atoms with Crippen molar-refractivity contribution in [2.75, 3.05) is 4.72 Å². The molecule has 0 aliphatic rings. The van der Waals surface area contributed by atoms with E-state index < -0.39 is 27.7 Å². The molecular weight excluding hydrogens is 419 g/mol. The minimum Gasteiger partial charge on any atom is -0.478 e. The molecule has 3 aromatic rings. The number of halogens is 3. The van der Waals surface area contributed by atoms with Crippen molar-refractivity contribution >= 4 is 21.7 Å². The van der Waals surface area contributed by atoms with Crippen LogP contribution in [0.15, 0.2) is 71.6 Å². The number of nitrogens with one attached hydrogen (secondary N) is 1. The van der Waals surface area contributed by atoms with Gasteiger partial charge in [-0.05, 0) is 53.9 Å². The number of aryl methyl sites for hydroxylation is 1. The molecule has 0 aliphatic heterocycles. The Balaban J connectivity index is 1.90. The maximum atomic E-state index is 13.2. The smallest absolute Gasteiger partial charge is 0.417 e. The lowest BCUT2D eigenvalue weighted by molar-refractivity contribution is -0.137. The van der Waals surface area contributed by atoms with E-state index in [9.17, 15) is 26.4 Å². The summed E-state index contributed by atoms with van der Waals surface area (Å²) in [5.41, 5.74) is -0.149. The molecule has 0 aromatic heterocycles. The van der Waals surface area contributed by atoms with Crippen LogP contribution >= 0.6 is 0 Å². The summed E-state index contributed by atoms with van der Waals surface area (Å²) < 4.78 is 67.1. The fourth-order valence-corrected chi connectivity index (χ4v) is 4.00. The van der Waals surface area contributed by atoms with Gasteiger partial charge in [0.25, 0.3) is 10.0 Å². The Morgan fingerprint density at radius 3 is 2.20 bits per heavy atom. The van der Waals surface area contributed by atoms with Crippen LogP contribution in [0.4, 0.5) is 18.9 Å². The highest BCUT2D eigenvalue weighted by Crippen LogP contribution is 2.37. The molecule has 0 aliphatic carbocycles. The summed E-state index contributed by atoms with van der Waals surface area (Å²) in [4.78, 5) is 11.0. The second-order valence-electron chi connectivity index (χ2n) is 6.51. The van der Waals surface area contributed by atoms with Gasteiger partial charge >= 0.3 is 12.1 Å². The quantitative estimate of drug-likeness (QED) is 0.579. The van der Waals surface area contributed by atoms with Crippen LogP contribution in [0.3, 0.4) is 0 Å². The second kappa shape index (κ2) is 7.83. The van der Waals surface area contributed by atoms with Gasteiger partial charge in [-0.3, -0.25) is 4.72 Å². The average Bonchev–Trinajstić information content (AvgIpc) is 2.67. The number of hydrogen-bond acceptors (Lipinski definition) is 3. The highest BCUT2D eigenvalue weighted by Gasteiger charge is 2.33. The lowest BCUT2D eigenvalue weighted by Crippen LogP contribution is -2.14. The number of rotatable bonds is 5. The third-order valence-corrected chi connectivity index (χ3v) is 5.81. The second-order valence-corrected chi connectivity index (χ2v) is 8.19. The van der Waals surface area contributed by atoms with E-state index in [2.05, 4.69) is 4.72 Å². The number of sulfonamides is 1. The number of alkyl halides is 3. The number of carboxylic acids is 1. The predicted molar refractivity (Wildman–Crippen MR) is 106 cm³/mol. The van der Waals surface area contributed by atoms with Crippen LogP contribution < -0.4 is 4.72 Å². The molecule has 0 bridgehead atoms. The van der Waals surface area contributed by atoms with Crippen molar-refractivity contribution in [1.82, 2.24) is 0 Å². The topological polar surface area (TPSA) is 83.5 Å². The number of aromatic carboxylic acids is 1. The fourth-order valence-electron chi connectivity index (χ4n) is 2.91. The summed E-state index contributed by atoms with van der Waals surface area (Å²) in [6, 6.07) is 14.2. The van der Waals surface area contributed by atoms with Gasteiger partial charge in [0.1, 0.15) is 0 Å². The number of hydrogen-bond donors (Lipinski definition) is 2. The molecule has 156 valence electrons. The number of anilines is 1. The van der Waals surface area contributed by atoms with Crippen LogP contribution in [-0.2, 0) is 16.2 Å². The van der Waals surface area contributed by atoms with E-state index in [1.165, 1.54) is 54.6 Å². The molecule has 5 nitrogen and oxygen atoms in total. The van der Waals surface area contributed by atoms with Crippen molar-refractivity contribution in [2.45, 2.75) is 18.0 Å². The first kappa shape index (κ1) is 21.4. The summed E-state index contributed by atoms with van der Waals surface area (Å²) in [5, 5.41) is 9.17. The lowest BCUT2D eigenvalue weighted by atomic mass is 9.99. The highest BCUT2D eigenvalue weighted by molar-refractivity contribution is 7.92. The van der Waals surface area contributed by atoms with Gasteiger partial charge in [-0.25, -0.2) is 13.2 Å². The summed E-state index contributed by atoms with van der Waals surface area (Å²) in [6.07, 6.45) is -4.52. The van der Waals surface area contributed by atoms with Gasteiger partial charge in [0.2, 0.25) is 0 Å². The van der Waals surface area contributed by atoms with E-state index in [0.717, 1.165) is 12.1 Å². The van der Waals surface area contributed by atoms with Crippen LogP contribution in [0.1, 0.15) is 21.5 Å². The minimum absolute atomic E-state index is 0.0240. The van der Waals surface area contributed by atoms with Crippen molar-refractivity contribution in [3.05, 3.63) is 83.4 Å². The minimum atomic E-state index is -4.52. The Bertz CT molecular complexity index is 1200. The molecule has 9 heteroatoms. The SMILES string of the molecule is Cc1ccc(S(=O)(=O)Nc2ccc(-c3ccccc3C(F)(F)F)cc2)cc1C(=O)O. The van der Waals surface area contributed by atoms with Gasteiger partial charge in [-0.1, -0.05) is 36.4 Å². The van der Waals surface area contributed by atoms with Crippen molar-refractivity contribution in [2.24, 2.45) is 0 Å². The van der Waals surface area contributed by atoms with Gasteiger partial charge in [0, 0.05) is 5.69 Å². The molecule has 2 N–H and O–H groups in total. The van der Waals surface area contributed by atoms with E-state index >= 15 is 0 Å². The Hall–Kier alpha value is -3.33. The van der Waals surface area contributed by atoms with E-state index in [4.69, 9.17) is 5.11 Å². The maximum absolute atomic E-state index is 13.2. The zero-order valence-electron chi connectivity index (χ0n) is 15.6. The molecular formula is C21H16F3NO4S. The Morgan fingerprint density at radius 2 is 1.60 bits per heavy atom. The number of benzene rings is 3. The molecule has 0 heterocycles. The normalized spacial score (nSPS) is 11.9. The van der Waals surface area contributed by atoms with E-state index in [1.54, 1.807) is 6.92 Å². The largest absolute Gasteiger partial charge is 0.478 e. The number of carboxylic acid groups (broad SMARTS) is 1. The molecule has 0 amide bonds. The van der Waals surface area contributed by atoms with Crippen LogP contribution in [-0.4, -0.2) is 19.5 Å². The lowest BCUT2D eigenvalue weighted by Gasteiger charge is -2.14. The Morgan fingerprint density at radius 1 is 0.967 bits per heavy atom. The van der Waals surface area contributed by atoms with Crippen molar-refractivity contribution < 1.29 is 31.5 Å². The van der Waals surface area contributed by atoms with E-state index in [0.29, 0.717) is 5.56 Å². The molecule has 0 atom stereocenters. The average molecular weight is 435 g/mol. The summed E-state index contributed by atoms with van der Waals surface area (Å²) in [5.74, 6) is -1.25. The molecule has 0 unspecified atom stereocenters. The van der Waals surface area contributed by atoms with Crippen molar-refractivity contribution in [3.63, 3.8) is 0 Å². The van der Waals surface area contributed by atoms with E-state index in [1.807, 2.05) is 0 Å². The standard InChI is InChI=1S/C21H16F3NO4S/c1-13-6-11-16(12-18(13)20(26)27)30(28,29)25-15-9-7-14(8-10-15)17-4-2-3-5-19(17)21(22,23)24/h2-12,25H,1H3,(H,26,27). The molecule has 0 saturated heterocycles.